The number of likely N-dealkylation sites (tertiary alicyclic amines) is 1. The van der Waals surface area contributed by atoms with E-state index in [9.17, 15) is 20.1 Å². The summed E-state index contributed by atoms with van der Waals surface area (Å²) in [4.78, 5) is 14.2. The quantitative estimate of drug-likeness (QED) is 0.380. The van der Waals surface area contributed by atoms with Crippen LogP contribution in [0.4, 0.5) is 0 Å². The van der Waals surface area contributed by atoms with Crippen LogP contribution in [-0.4, -0.2) is 88.1 Å². The third-order valence-electron chi connectivity index (χ3n) is 5.20. The van der Waals surface area contributed by atoms with Crippen LogP contribution in [0.3, 0.4) is 0 Å². The summed E-state index contributed by atoms with van der Waals surface area (Å²) >= 11 is 0. The Kier molecular flexibility index (Phi) is 5.05. The normalized spacial score (nSPS) is 43.7. The number of quaternary nitrogens is 1. The molecular formula is C16H25N2O6+. The molecule has 2 fully saturated rings. The average Bonchev–Trinajstić information content (AvgIpc) is 2.99. The first-order chi connectivity index (χ1) is 11.4. The highest BCUT2D eigenvalue weighted by atomic mass is 16.6. The molecule has 2 saturated heterocycles. The van der Waals surface area contributed by atoms with Gasteiger partial charge in [-0.05, 0) is 32.5 Å². The number of aliphatic hydroxyl groups is 3. The zero-order chi connectivity index (χ0) is 17.4. The standard InChI is InChI=1S/C16H24N2O6/c1-17-6-3-5-10(17)9-4-2-7-18(8-9)15-13(21)11(19)12(20)14(24-15)16(22)23/h2,4,7,10-15,19-21H,3,5-6,8H2,1H3,(H,22,23)/p+1/t10-,11+,12-,13+,14+,15-/m0/s1. The SMILES string of the molecule is CN1CCC[C@H]1C1=CC=C[NH+]([C@H]2O[C@@H](C(=O)O)[C@@H](O)[C@@H](O)[C@H]2O)C1. The van der Waals surface area contributed by atoms with E-state index < -0.39 is 36.6 Å². The Morgan fingerprint density at radius 3 is 2.67 bits per heavy atom. The highest BCUT2D eigenvalue weighted by Gasteiger charge is 2.51. The van der Waals surface area contributed by atoms with Crippen molar-refractivity contribution in [3.8, 4) is 0 Å². The summed E-state index contributed by atoms with van der Waals surface area (Å²) in [7, 11) is 2.07. The Hall–Kier alpha value is -1.29. The Balaban J connectivity index is 1.75. The topological polar surface area (TPSA) is 115 Å². The number of aliphatic hydroxyl groups excluding tert-OH is 3. The Morgan fingerprint density at radius 1 is 1.29 bits per heavy atom. The number of likely N-dealkylation sites (N-methyl/N-ethyl adjacent to an activating group) is 1. The highest BCUT2D eigenvalue weighted by Crippen LogP contribution is 2.23. The van der Waals surface area contributed by atoms with Crippen molar-refractivity contribution in [3.63, 3.8) is 0 Å². The number of allylic oxidation sites excluding steroid dienone is 2. The average molecular weight is 341 g/mol. The van der Waals surface area contributed by atoms with E-state index in [0.717, 1.165) is 24.3 Å². The van der Waals surface area contributed by atoms with Crippen molar-refractivity contribution in [1.82, 2.24) is 4.90 Å². The first-order valence-electron chi connectivity index (χ1n) is 8.25. The van der Waals surface area contributed by atoms with Crippen molar-refractivity contribution in [2.75, 3.05) is 20.1 Å². The van der Waals surface area contributed by atoms with Crippen LogP contribution in [0.5, 0.6) is 0 Å². The van der Waals surface area contributed by atoms with Crippen LogP contribution in [0, 0.1) is 0 Å². The number of carbonyl (C=O) groups is 1. The van der Waals surface area contributed by atoms with E-state index >= 15 is 0 Å². The second-order valence-electron chi connectivity index (χ2n) is 6.78. The molecular weight excluding hydrogens is 316 g/mol. The van der Waals surface area contributed by atoms with E-state index in [1.165, 1.54) is 5.57 Å². The molecule has 7 atom stereocenters. The van der Waals surface area contributed by atoms with E-state index in [2.05, 4.69) is 11.9 Å². The van der Waals surface area contributed by atoms with Crippen LogP contribution in [0.25, 0.3) is 0 Å². The molecule has 0 aromatic heterocycles. The van der Waals surface area contributed by atoms with E-state index in [1.54, 1.807) is 6.20 Å². The number of carboxylic acids is 1. The molecule has 134 valence electrons. The molecule has 0 spiro atoms. The lowest BCUT2D eigenvalue weighted by Gasteiger charge is -2.41. The van der Waals surface area contributed by atoms with Gasteiger partial charge in [0.2, 0.25) is 6.23 Å². The van der Waals surface area contributed by atoms with Gasteiger partial charge in [0.15, 0.2) is 12.2 Å². The fourth-order valence-corrected chi connectivity index (χ4v) is 3.84. The number of ether oxygens (including phenoxy) is 1. The Labute approximate surface area is 140 Å². The minimum atomic E-state index is -1.65. The lowest BCUT2D eigenvalue weighted by Crippen LogP contribution is -3.15. The Bertz CT molecular complexity index is 551. The maximum absolute atomic E-state index is 11.2. The number of nitrogens with zero attached hydrogens (tertiary/aromatic N) is 1. The molecule has 0 radical (unpaired) electrons. The predicted octanol–water partition coefficient (Wildman–Crippen LogP) is -2.69. The summed E-state index contributed by atoms with van der Waals surface area (Å²) in [5.41, 5.74) is 1.19. The van der Waals surface area contributed by atoms with Crippen LogP contribution in [0.1, 0.15) is 12.8 Å². The van der Waals surface area contributed by atoms with Gasteiger partial charge >= 0.3 is 5.97 Å². The molecule has 0 amide bonds. The maximum atomic E-state index is 11.2. The summed E-state index contributed by atoms with van der Waals surface area (Å²) in [6.07, 6.45) is 0.810. The second kappa shape index (κ2) is 6.91. The number of carboxylic acid groups (broad SMARTS) is 1. The third-order valence-corrected chi connectivity index (χ3v) is 5.20. The summed E-state index contributed by atoms with van der Waals surface area (Å²) in [5.74, 6) is -1.36. The lowest BCUT2D eigenvalue weighted by molar-refractivity contribution is -0.905. The van der Waals surface area contributed by atoms with Crippen molar-refractivity contribution in [2.24, 2.45) is 0 Å². The first kappa shape index (κ1) is 17.5. The van der Waals surface area contributed by atoms with Crippen molar-refractivity contribution in [3.05, 3.63) is 23.9 Å². The molecule has 3 rings (SSSR count). The van der Waals surface area contributed by atoms with Gasteiger partial charge in [-0.2, -0.15) is 0 Å². The number of hydrogen-bond donors (Lipinski definition) is 5. The summed E-state index contributed by atoms with van der Waals surface area (Å²) in [6.45, 7) is 1.60. The monoisotopic (exact) mass is 341 g/mol. The summed E-state index contributed by atoms with van der Waals surface area (Å²) in [5, 5.41) is 39.2. The highest BCUT2D eigenvalue weighted by molar-refractivity contribution is 5.73. The van der Waals surface area contributed by atoms with Crippen molar-refractivity contribution in [2.45, 2.75) is 49.5 Å². The molecule has 1 unspecified atom stereocenters. The molecule has 8 heteroatoms. The molecule has 8 nitrogen and oxygen atoms in total. The first-order valence-corrected chi connectivity index (χ1v) is 8.25. The van der Waals surface area contributed by atoms with Crippen molar-refractivity contribution in [1.29, 1.82) is 0 Å². The molecule has 0 aliphatic carbocycles. The third kappa shape index (κ3) is 3.13. The van der Waals surface area contributed by atoms with Crippen LogP contribution in [0.2, 0.25) is 0 Å². The fourth-order valence-electron chi connectivity index (χ4n) is 3.84. The number of hydrogen-bond acceptors (Lipinski definition) is 6. The lowest BCUT2D eigenvalue weighted by atomic mass is 9.96. The summed E-state index contributed by atoms with van der Waals surface area (Å²) < 4.78 is 5.43. The van der Waals surface area contributed by atoms with Crippen LogP contribution in [-0.2, 0) is 9.53 Å². The summed E-state index contributed by atoms with van der Waals surface area (Å²) in [6, 6.07) is 0.330. The molecule has 5 N–H and O–H groups in total. The number of nitrogens with one attached hydrogen (secondary N) is 1. The molecule has 0 aromatic carbocycles. The number of aliphatic carboxylic acids is 1. The van der Waals surface area contributed by atoms with E-state index in [4.69, 9.17) is 9.84 Å². The van der Waals surface area contributed by atoms with Crippen LogP contribution in [0.15, 0.2) is 23.9 Å². The molecule has 3 aliphatic heterocycles. The molecule has 0 bridgehead atoms. The van der Waals surface area contributed by atoms with Gasteiger partial charge in [-0.25, -0.2) is 4.79 Å². The van der Waals surface area contributed by atoms with Crippen LogP contribution >= 0.6 is 0 Å². The molecule has 0 saturated carbocycles. The van der Waals surface area contributed by atoms with E-state index in [-0.39, 0.29) is 0 Å². The van der Waals surface area contributed by atoms with Gasteiger partial charge in [-0.3, -0.25) is 9.80 Å². The van der Waals surface area contributed by atoms with E-state index in [0.29, 0.717) is 12.6 Å². The van der Waals surface area contributed by atoms with Gasteiger partial charge in [-0.1, -0.05) is 6.08 Å². The minimum absolute atomic E-state index is 0.330. The minimum Gasteiger partial charge on any atom is -0.479 e. The van der Waals surface area contributed by atoms with E-state index in [1.807, 2.05) is 12.2 Å². The zero-order valence-electron chi connectivity index (χ0n) is 13.6. The van der Waals surface area contributed by atoms with Gasteiger partial charge in [0.1, 0.15) is 18.8 Å². The molecule has 3 heterocycles. The van der Waals surface area contributed by atoms with Gasteiger partial charge in [0, 0.05) is 11.6 Å². The smallest absolute Gasteiger partial charge is 0.335 e. The van der Waals surface area contributed by atoms with Gasteiger partial charge in [-0.15, -0.1) is 0 Å². The zero-order valence-corrected chi connectivity index (χ0v) is 13.6. The largest absolute Gasteiger partial charge is 0.479 e. The molecule has 0 aromatic rings. The van der Waals surface area contributed by atoms with Crippen LogP contribution < -0.4 is 4.90 Å². The fraction of sp³-hybridized carbons (Fsp3) is 0.688. The second-order valence-corrected chi connectivity index (χ2v) is 6.78. The van der Waals surface area contributed by atoms with Crippen molar-refractivity contribution < 1.29 is 34.9 Å². The van der Waals surface area contributed by atoms with Gasteiger partial charge < -0.3 is 25.2 Å². The molecule has 3 aliphatic rings. The van der Waals surface area contributed by atoms with Gasteiger partial charge in [0.25, 0.3) is 0 Å². The maximum Gasteiger partial charge on any atom is 0.335 e. The van der Waals surface area contributed by atoms with Crippen molar-refractivity contribution >= 4 is 5.97 Å². The molecule has 24 heavy (non-hydrogen) atoms. The Morgan fingerprint density at radius 2 is 2.04 bits per heavy atom. The van der Waals surface area contributed by atoms with Gasteiger partial charge in [0.05, 0.1) is 6.20 Å². The predicted molar refractivity (Wildman–Crippen MR) is 83.0 cm³/mol. The number of rotatable bonds is 3.